The van der Waals surface area contributed by atoms with Gasteiger partial charge in [-0.25, -0.2) is 19.2 Å². The first-order valence-electron chi connectivity index (χ1n) is 10.7. The average Bonchev–Trinajstić information content (AvgIpc) is 3.24. The van der Waals surface area contributed by atoms with Crippen molar-refractivity contribution < 1.29 is 23.0 Å². The molecule has 4 heterocycles. The van der Waals surface area contributed by atoms with Crippen LogP contribution in [0.15, 0.2) is 30.6 Å². The Balaban J connectivity index is 1.49. The molecule has 172 valence electrons. The first-order valence-corrected chi connectivity index (χ1v) is 10.7. The maximum absolute atomic E-state index is 15.0. The lowest BCUT2D eigenvalue weighted by Gasteiger charge is -2.23. The molecule has 2 aliphatic heterocycles. The molecule has 8 nitrogen and oxygen atoms in total. The molecule has 1 aromatic carbocycles. The second kappa shape index (κ2) is 8.11. The molecule has 1 atom stereocenters. The van der Waals surface area contributed by atoms with Crippen LogP contribution in [0.5, 0.6) is 5.88 Å². The number of carbonyl (C=O) groups excluding carboxylic acids is 1. The fraction of sp³-hybridized carbons (Fsp3) is 0.348. The van der Waals surface area contributed by atoms with E-state index in [0.29, 0.717) is 47.5 Å². The number of alkyl halides is 1. The van der Waals surface area contributed by atoms with Crippen molar-refractivity contribution in [2.45, 2.75) is 19.2 Å². The quantitative estimate of drug-likeness (QED) is 0.621. The second-order valence-electron chi connectivity index (χ2n) is 8.21. The van der Waals surface area contributed by atoms with Crippen LogP contribution < -0.4 is 20.3 Å². The fourth-order valence-electron chi connectivity index (χ4n) is 4.08. The molecule has 10 heteroatoms. The molecule has 0 bridgehead atoms. The number of hydrogen-bond donors (Lipinski definition) is 2. The maximum Gasteiger partial charge on any atom is 0.418 e. The van der Waals surface area contributed by atoms with Crippen LogP contribution in [0.1, 0.15) is 12.0 Å². The van der Waals surface area contributed by atoms with Crippen molar-refractivity contribution in [2.75, 3.05) is 43.5 Å². The molecule has 0 unspecified atom stereocenters. The summed E-state index contributed by atoms with van der Waals surface area (Å²) in [5.74, 6) is -1.69. The molecule has 0 saturated carbocycles. The molecule has 3 aromatic rings. The topological polar surface area (TPSA) is 88.6 Å². The van der Waals surface area contributed by atoms with Gasteiger partial charge in [-0.2, -0.15) is 4.39 Å². The van der Waals surface area contributed by atoms with Crippen molar-refractivity contribution in [2.24, 2.45) is 0 Å². The molecule has 1 fully saturated rings. The predicted octanol–water partition coefficient (Wildman–Crippen LogP) is 3.78. The van der Waals surface area contributed by atoms with E-state index in [1.807, 2.05) is 6.92 Å². The van der Waals surface area contributed by atoms with Gasteiger partial charge in [0.25, 0.3) is 5.85 Å². The first kappa shape index (κ1) is 21.3. The molecule has 2 aromatic heterocycles. The van der Waals surface area contributed by atoms with E-state index in [0.717, 1.165) is 16.2 Å². The smallest absolute Gasteiger partial charge is 0.418 e. The average molecular weight is 455 g/mol. The summed E-state index contributed by atoms with van der Waals surface area (Å²) < 4.78 is 40.2. The Morgan fingerprint density at radius 3 is 2.82 bits per heavy atom. The number of halogens is 2. The molecule has 1 amide bonds. The maximum atomic E-state index is 15.0. The van der Waals surface area contributed by atoms with Gasteiger partial charge in [-0.15, -0.1) is 0 Å². The molecule has 5 rings (SSSR count). The summed E-state index contributed by atoms with van der Waals surface area (Å²) in [6.07, 6.45) is 2.30. The summed E-state index contributed by atoms with van der Waals surface area (Å²) in [6.45, 7) is 3.44. The number of fused-ring (bicyclic) bond motifs is 2. The van der Waals surface area contributed by atoms with E-state index in [9.17, 15) is 9.18 Å². The Labute approximate surface area is 188 Å². The van der Waals surface area contributed by atoms with E-state index >= 15 is 4.39 Å². The van der Waals surface area contributed by atoms with E-state index in [1.54, 1.807) is 18.3 Å². The number of carbonyl (C=O) groups is 1. The third-order valence-electron chi connectivity index (χ3n) is 5.98. The molecular weight excluding hydrogens is 432 g/mol. The molecular formula is C23H23F2N5O3. The lowest BCUT2D eigenvalue weighted by Crippen LogP contribution is -2.38. The standard InChI is InChI=1S/C23H23F2N5O3/c1-13-17(11-29-21-20(13)27-5-6-32-21)16-7-14-9-19(28-10-15(14)8-18(16)24)30(2)22(31)33-23(25)3-4-26-12-23/h7-11,26-27H,3-6,12H2,1-2H3/t23-/m0/s1. The highest BCUT2D eigenvalue weighted by molar-refractivity contribution is 5.93. The zero-order valence-electron chi connectivity index (χ0n) is 18.2. The number of rotatable bonds is 3. The van der Waals surface area contributed by atoms with Crippen LogP contribution in [0.4, 0.5) is 25.1 Å². The highest BCUT2D eigenvalue weighted by Crippen LogP contribution is 2.37. The van der Waals surface area contributed by atoms with Gasteiger partial charge in [0, 0.05) is 55.5 Å². The number of nitrogens with zero attached hydrogens (tertiary/aromatic N) is 3. The van der Waals surface area contributed by atoms with Gasteiger partial charge in [0.05, 0.1) is 6.54 Å². The minimum atomic E-state index is -2.03. The molecule has 0 aliphatic carbocycles. The minimum Gasteiger partial charge on any atom is -0.474 e. The summed E-state index contributed by atoms with van der Waals surface area (Å²) in [5.41, 5.74) is 2.57. The van der Waals surface area contributed by atoms with Crippen molar-refractivity contribution >= 4 is 28.4 Å². The number of benzene rings is 1. The van der Waals surface area contributed by atoms with E-state index in [1.165, 1.54) is 19.3 Å². The largest absolute Gasteiger partial charge is 0.474 e. The van der Waals surface area contributed by atoms with Gasteiger partial charge < -0.3 is 20.1 Å². The Morgan fingerprint density at radius 2 is 2.03 bits per heavy atom. The van der Waals surface area contributed by atoms with E-state index in [2.05, 4.69) is 20.6 Å². The third-order valence-corrected chi connectivity index (χ3v) is 5.98. The lowest BCUT2D eigenvalue weighted by molar-refractivity contribution is -0.0747. The van der Waals surface area contributed by atoms with E-state index < -0.39 is 17.8 Å². The Morgan fingerprint density at radius 1 is 1.18 bits per heavy atom. The van der Waals surface area contributed by atoms with Gasteiger partial charge in [0.1, 0.15) is 23.9 Å². The van der Waals surface area contributed by atoms with Crippen molar-refractivity contribution in [3.63, 3.8) is 0 Å². The number of aromatic nitrogens is 2. The normalized spacial score (nSPS) is 19.5. The number of pyridine rings is 2. The van der Waals surface area contributed by atoms with Crippen molar-refractivity contribution in [3.8, 4) is 17.0 Å². The van der Waals surface area contributed by atoms with Gasteiger partial charge in [-0.3, -0.25) is 4.90 Å². The van der Waals surface area contributed by atoms with Crippen LogP contribution in [0.3, 0.4) is 0 Å². The summed E-state index contributed by atoms with van der Waals surface area (Å²) in [4.78, 5) is 22.2. The molecule has 0 spiro atoms. The van der Waals surface area contributed by atoms with Crippen LogP contribution in [0.25, 0.3) is 21.9 Å². The molecule has 1 saturated heterocycles. The second-order valence-corrected chi connectivity index (χ2v) is 8.21. The number of hydrogen-bond acceptors (Lipinski definition) is 7. The van der Waals surface area contributed by atoms with E-state index in [-0.39, 0.29) is 18.8 Å². The zero-order chi connectivity index (χ0) is 23.2. The van der Waals surface area contributed by atoms with Crippen LogP contribution in [0.2, 0.25) is 0 Å². The van der Waals surface area contributed by atoms with Crippen molar-refractivity contribution in [1.29, 1.82) is 0 Å². The molecule has 2 N–H and O–H groups in total. The predicted molar refractivity (Wildman–Crippen MR) is 120 cm³/mol. The number of amides is 1. The van der Waals surface area contributed by atoms with Crippen LogP contribution in [-0.2, 0) is 4.74 Å². The fourth-order valence-corrected chi connectivity index (χ4v) is 4.08. The van der Waals surface area contributed by atoms with Crippen molar-refractivity contribution in [3.05, 3.63) is 42.0 Å². The number of ether oxygens (including phenoxy) is 2. The van der Waals surface area contributed by atoms with Crippen LogP contribution >= 0.6 is 0 Å². The van der Waals surface area contributed by atoms with Crippen molar-refractivity contribution in [1.82, 2.24) is 15.3 Å². The van der Waals surface area contributed by atoms with Gasteiger partial charge in [-0.1, -0.05) is 0 Å². The number of nitrogens with one attached hydrogen (secondary N) is 2. The molecule has 0 radical (unpaired) electrons. The third kappa shape index (κ3) is 3.91. The van der Waals surface area contributed by atoms with E-state index in [4.69, 9.17) is 9.47 Å². The Hall–Kier alpha value is -3.53. The monoisotopic (exact) mass is 455 g/mol. The Bertz CT molecular complexity index is 1250. The zero-order valence-corrected chi connectivity index (χ0v) is 18.2. The summed E-state index contributed by atoms with van der Waals surface area (Å²) >= 11 is 0. The van der Waals surface area contributed by atoms with Crippen LogP contribution in [-0.4, -0.2) is 55.2 Å². The summed E-state index contributed by atoms with van der Waals surface area (Å²) in [5, 5.41) is 7.31. The minimum absolute atomic E-state index is 0.0472. The van der Waals surface area contributed by atoms with Gasteiger partial charge >= 0.3 is 6.09 Å². The van der Waals surface area contributed by atoms with Crippen LogP contribution in [0, 0.1) is 12.7 Å². The lowest BCUT2D eigenvalue weighted by atomic mass is 9.98. The first-order chi connectivity index (χ1) is 15.8. The molecule has 33 heavy (non-hydrogen) atoms. The Kier molecular flexibility index (Phi) is 5.24. The van der Waals surface area contributed by atoms with Gasteiger partial charge in [-0.05, 0) is 36.1 Å². The highest BCUT2D eigenvalue weighted by Gasteiger charge is 2.38. The summed E-state index contributed by atoms with van der Waals surface area (Å²) in [7, 11) is 1.45. The highest BCUT2D eigenvalue weighted by atomic mass is 19.2. The summed E-state index contributed by atoms with van der Waals surface area (Å²) in [6, 6.07) is 4.72. The SMILES string of the molecule is Cc1c(-c2cc3cc(N(C)C(=O)O[C@@]4(F)CCNC4)ncc3cc2F)cnc2c1NCCO2. The van der Waals surface area contributed by atoms with Gasteiger partial charge in [0.2, 0.25) is 5.88 Å². The molecule has 2 aliphatic rings. The number of anilines is 2. The van der Waals surface area contributed by atoms with Gasteiger partial charge in [0.15, 0.2) is 0 Å².